The van der Waals surface area contributed by atoms with Crippen LogP contribution in [-0.2, 0) is 22.6 Å². The maximum absolute atomic E-state index is 13.3. The minimum absolute atomic E-state index is 0.194. The number of ether oxygens (including phenoxy) is 1. The van der Waals surface area contributed by atoms with E-state index in [1.807, 2.05) is 22.8 Å². The number of aromatic hydroxyl groups is 1. The summed E-state index contributed by atoms with van der Waals surface area (Å²) >= 11 is 12.1. The van der Waals surface area contributed by atoms with Crippen LogP contribution < -0.4 is 15.6 Å². The Hall–Kier alpha value is -3.64. The minimum atomic E-state index is -0.681. The molecule has 0 radical (unpaired) electrons. The van der Waals surface area contributed by atoms with E-state index in [4.69, 9.17) is 37.8 Å². The number of nitrogens with zero attached hydrogens (tertiary/aromatic N) is 4. The Bertz CT molecular complexity index is 1560. The van der Waals surface area contributed by atoms with Crippen molar-refractivity contribution >= 4 is 52.4 Å². The molecule has 13 heteroatoms. The van der Waals surface area contributed by atoms with Crippen LogP contribution >= 0.6 is 23.2 Å². The first kappa shape index (κ1) is 28.4. The Balaban J connectivity index is 0.00000112. The van der Waals surface area contributed by atoms with Crippen molar-refractivity contribution in [3.05, 3.63) is 74.1 Å². The number of imidazole rings is 1. The fourth-order valence-corrected chi connectivity index (χ4v) is 4.92. The molecule has 4 aromatic rings. The summed E-state index contributed by atoms with van der Waals surface area (Å²) in [5.74, 6) is -0.938. The number of amides is 1. The molecule has 0 aliphatic carbocycles. The lowest BCUT2D eigenvalue weighted by molar-refractivity contribution is -0.908. The number of morpholine rings is 1. The number of carbonyl (C=O) groups excluding carboxylic acids is 2. The summed E-state index contributed by atoms with van der Waals surface area (Å²) in [6.45, 7) is 4.36. The van der Waals surface area contributed by atoms with Crippen molar-refractivity contribution in [3.8, 4) is 5.75 Å². The van der Waals surface area contributed by atoms with E-state index in [0.717, 1.165) is 43.9 Å². The second-order valence-electron chi connectivity index (χ2n) is 9.01. The number of carbonyl (C=O) groups is 2. The van der Waals surface area contributed by atoms with Gasteiger partial charge in [-0.3, -0.25) is 9.59 Å². The average molecular weight is 576 g/mol. The van der Waals surface area contributed by atoms with Gasteiger partial charge in [0.15, 0.2) is 5.69 Å². The third kappa shape index (κ3) is 6.01. The second kappa shape index (κ2) is 12.5. The van der Waals surface area contributed by atoms with Crippen LogP contribution in [0.15, 0.2) is 47.3 Å². The third-order valence-electron chi connectivity index (χ3n) is 6.54. The molecule has 0 saturated carbocycles. The highest BCUT2D eigenvalue weighted by atomic mass is 35.5. The molecular formula is C26H27Cl2N5O6. The van der Waals surface area contributed by atoms with Crippen molar-refractivity contribution in [1.82, 2.24) is 18.9 Å². The minimum Gasteiger partial charge on any atom is -0.554 e. The lowest BCUT2D eigenvalue weighted by Gasteiger charge is -2.24. The van der Waals surface area contributed by atoms with Gasteiger partial charge in [0.1, 0.15) is 13.1 Å². The van der Waals surface area contributed by atoms with Crippen LogP contribution in [0.25, 0.3) is 16.8 Å². The first-order valence-corrected chi connectivity index (χ1v) is 12.9. The van der Waals surface area contributed by atoms with Gasteiger partial charge < -0.3 is 34.1 Å². The largest absolute Gasteiger partial charge is 0.554 e. The molecule has 2 aromatic carbocycles. The maximum Gasteiger partial charge on any atom is 0.302 e. The summed E-state index contributed by atoms with van der Waals surface area (Å²) in [5, 5.41) is 19.8. The monoisotopic (exact) mass is 575 g/mol. The molecule has 0 atom stereocenters. The number of benzene rings is 2. The van der Waals surface area contributed by atoms with Gasteiger partial charge in [-0.05, 0) is 29.8 Å². The molecule has 1 aliphatic heterocycles. The van der Waals surface area contributed by atoms with Crippen molar-refractivity contribution in [2.24, 2.45) is 0 Å². The predicted octanol–water partition coefficient (Wildman–Crippen LogP) is 0.215. The number of quaternary nitrogens is 1. The average Bonchev–Trinajstić information content (AvgIpc) is 3.25. The Labute approximate surface area is 233 Å². The molecule has 1 fully saturated rings. The fourth-order valence-electron chi connectivity index (χ4n) is 4.60. The van der Waals surface area contributed by atoms with Crippen LogP contribution in [0.1, 0.15) is 16.1 Å². The zero-order chi connectivity index (χ0) is 28.1. The number of rotatable bonds is 6. The summed E-state index contributed by atoms with van der Waals surface area (Å²) in [6.07, 6.45) is 0. The molecule has 11 nitrogen and oxygen atoms in total. The molecule has 0 spiro atoms. The summed E-state index contributed by atoms with van der Waals surface area (Å²) in [7, 11) is 1.57. The highest BCUT2D eigenvalue weighted by molar-refractivity contribution is 6.42. The van der Waals surface area contributed by atoms with Gasteiger partial charge >= 0.3 is 5.56 Å². The van der Waals surface area contributed by atoms with Gasteiger partial charge in [-0.1, -0.05) is 41.4 Å². The van der Waals surface area contributed by atoms with Gasteiger partial charge in [0, 0.05) is 20.1 Å². The molecule has 1 amide bonds. The van der Waals surface area contributed by atoms with E-state index < -0.39 is 23.7 Å². The zero-order valence-corrected chi connectivity index (χ0v) is 22.6. The van der Waals surface area contributed by atoms with E-state index in [9.17, 15) is 14.7 Å². The van der Waals surface area contributed by atoms with Crippen LogP contribution in [0.5, 0.6) is 5.75 Å². The SMILES string of the molecule is CN(Cc1ccc(Cl)c(Cl)c1)C(=O)c1nc2n(CC[NH+]3CCOCC3)c3ccccc3n2c(=O)c1O.O=C[O-]. The van der Waals surface area contributed by atoms with Crippen molar-refractivity contribution in [2.45, 2.75) is 13.1 Å². The quantitative estimate of drug-likeness (QED) is 0.314. The third-order valence-corrected chi connectivity index (χ3v) is 7.28. The van der Waals surface area contributed by atoms with Crippen LogP contribution in [0.4, 0.5) is 0 Å². The molecule has 0 unspecified atom stereocenters. The van der Waals surface area contributed by atoms with E-state index in [1.165, 1.54) is 14.2 Å². The van der Waals surface area contributed by atoms with E-state index >= 15 is 0 Å². The van der Waals surface area contributed by atoms with Crippen molar-refractivity contribution < 1.29 is 29.4 Å². The lowest BCUT2D eigenvalue weighted by atomic mass is 10.2. The number of para-hydroxylation sites is 2. The van der Waals surface area contributed by atoms with E-state index in [-0.39, 0.29) is 12.2 Å². The van der Waals surface area contributed by atoms with Crippen molar-refractivity contribution in [3.63, 3.8) is 0 Å². The van der Waals surface area contributed by atoms with Crippen LogP contribution in [0.3, 0.4) is 0 Å². The molecule has 39 heavy (non-hydrogen) atoms. The highest BCUT2D eigenvalue weighted by Gasteiger charge is 2.26. The smallest absolute Gasteiger partial charge is 0.302 e. The highest BCUT2D eigenvalue weighted by Crippen LogP contribution is 2.24. The molecule has 3 heterocycles. The molecular weight excluding hydrogens is 549 g/mol. The Morgan fingerprint density at radius 3 is 2.51 bits per heavy atom. The van der Waals surface area contributed by atoms with Gasteiger partial charge in [0.25, 0.3) is 5.91 Å². The van der Waals surface area contributed by atoms with Gasteiger partial charge in [-0.25, -0.2) is 9.38 Å². The number of halogens is 2. The Morgan fingerprint density at radius 1 is 1.18 bits per heavy atom. The normalized spacial score (nSPS) is 13.7. The number of aromatic nitrogens is 3. The Morgan fingerprint density at radius 2 is 1.85 bits per heavy atom. The van der Waals surface area contributed by atoms with Crippen molar-refractivity contribution in [2.75, 3.05) is 39.9 Å². The summed E-state index contributed by atoms with van der Waals surface area (Å²) in [4.78, 5) is 42.2. The molecule has 1 aliphatic rings. The van der Waals surface area contributed by atoms with Crippen molar-refractivity contribution in [1.29, 1.82) is 0 Å². The van der Waals surface area contributed by atoms with E-state index in [1.54, 1.807) is 31.3 Å². The van der Waals surface area contributed by atoms with Crippen LogP contribution in [0.2, 0.25) is 10.0 Å². The number of fused-ring (bicyclic) bond motifs is 3. The first-order valence-electron chi connectivity index (χ1n) is 12.2. The second-order valence-corrected chi connectivity index (χ2v) is 9.82. The predicted molar refractivity (Wildman–Crippen MR) is 143 cm³/mol. The van der Waals surface area contributed by atoms with E-state index in [2.05, 4.69) is 4.98 Å². The molecule has 1 saturated heterocycles. The van der Waals surface area contributed by atoms with Gasteiger partial charge in [-0.2, -0.15) is 0 Å². The van der Waals surface area contributed by atoms with Crippen LogP contribution in [0, 0.1) is 0 Å². The topological polar surface area (TPSA) is 134 Å². The molecule has 2 N–H and O–H groups in total. The lowest BCUT2D eigenvalue weighted by Crippen LogP contribution is -3.14. The Kier molecular flexibility index (Phi) is 9.08. The molecule has 5 rings (SSSR count). The van der Waals surface area contributed by atoms with Crippen LogP contribution in [-0.4, -0.2) is 76.2 Å². The summed E-state index contributed by atoms with van der Waals surface area (Å²) in [5.41, 5.74) is 1.22. The molecule has 2 aromatic heterocycles. The summed E-state index contributed by atoms with van der Waals surface area (Å²) < 4.78 is 8.77. The summed E-state index contributed by atoms with van der Waals surface area (Å²) in [6, 6.07) is 12.5. The van der Waals surface area contributed by atoms with E-state index in [0.29, 0.717) is 27.9 Å². The first-order chi connectivity index (χ1) is 18.8. The number of hydrogen-bond donors (Lipinski definition) is 2. The standard InChI is InChI=1S/C25H25Cl2N5O4.CH2O2/c1-29(15-16-6-7-17(26)18(27)14-16)23(34)21-22(33)24(35)32-20-5-3-2-4-19(20)31(25(32)28-21)9-8-30-10-12-36-13-11-30;2-1-3/h2-7,14,33H,8-13,15H2,1H3;1H,(H,2,3). The number of carboxylic acid groups (broad SMARTS) is 1. The van der Waals surface area contributed by atoms with Gasteiger partial charge in [0.2, 0.25) is 11.5 Å². The fraction of sp³-hybridized carbons (Fsp3) is 0.308. The number of hydrogen-bond acceptors (Lipinski definition) is 7. The number of nitrogens with one attached hydrogen (secondary N) is 1. The maximum atomic E-state index is 13.3. The van der Waals surface area contributed by atoms with Gasteiger partial charge in [-0.15, -0.1) is 0 Å². The van der Waals surface area contributed by atoms with Gasteiger partial charge in [0.05, 0.1) is 47.4 Å². The zero-order valence-electron chi connectivity index (χ0n) is 21.1. The molecule has 0 bridgehead atoms. The molecule has 206 valence electrons.